The minimum atomic E-state index is -0.219. The third kappa shape index (κ3) is 4.19. The van der Waals surface area contributed by atoms with E-state index in [0.29, 0.717) is 16.7 Å². The van der Waals surface area contributed by atoms with Crippen molar-refractivity contribution in [2.24, 2.45) is 17.8 Å². The quantitative estimate of drug-likeness (QED) is 0.698. The zero-order valence-corrected chi connectivity index (χ0v) is 17.3. The van der Waals surface area contributed by atoms with Gasteiger partial charge in [0.1, 0.15) is 4.90 Å². The first-order valence-corrected chi connectivity index (χ1v) is 10.8. The lowest BCUT2D eigenvalue weighted by molar-refractivity contribution is 0.0591. The van der Waals surface area contributed by atoms with E-state index in [0.717, 1.165) is 23.7 Å². The summed E-state index contributed by atoms with van der Waals surface area (Å²) in [5, 5.41) is 7.31. The Morgan fingerprint density at radius 3 is 2.56 bits per heavy atom. The molecule has 0 aliphatic heterocycles. The summed E-state index contributed by atoms with van der Waals surface area (Å²) in [6.45, 7) is 4.52. The van der Waals surface area contributed by atoms with Crippen molar-refractivity contribution in [1.82, 2.24) is 10.5 Å². The third-order valence-electron chi connectivity index (χ3n) is 5.81. The second-order valence-electron chi connectivity index (χ2n) is 8.51. The molecule has 1 aromatic carbocycles. The fraction of sp³-hybridized carbons (Fsp3) is 0.524. The van der Waals surface area contributed by atoms with Crippen LogP contribution >= 0.6 is 23.4 Å². The van der Waals surface area contributed by atoms with Crippen molar-refractivity contribution in [3.8, 4) is 0 Å². The zero-order chi connectivity index (χ0) is 19.0. The fourth-order valence-corrected chi connectivity index (χ4v) is 6.23. The van der Waals surface area contributed by atoms with Gasteiger partial charge in [0.2, 0.25) is 5.76 Å². The number of benzene rings is 1. The summed E-state index contributed by atoms with van der Waals surface area (Å²) in [5.41, 5.74) is -0.196. The lowest BCUT2D eigenvalue weighted by Gasteiger charge is -2.47. The predicted molar refractivity (Wildman–Crippen MR) is 107 cm³/mol. The summed E-state index contributed by atoms with van der Waals surface area (Å²) in [7, 11) is 0. The molecule has 1 aromatic heterocycles. The van der Waals surface area contributed by atoms with Gasteiger partial charge < -0.3 is 9.84 Å². The Morgan fingerprint density at radius 2 is 1.89 bits per heavy atom. The number of hydrogen-bond donors (Lipinski definition) is 1. The van der Waals surface area contributed by atoms with Crippen molar-refractivity contribution in [3.05, 3.63) is 41.2 Å². The normalized spacial score (nSPS) is 30.1. The van der Waals surface area contributed by atoms with Gasteiger partial charge in [-0.1, -0.05) is 53.6 Å². The highest BCUT2D eigenvalue weighted by atomic mass is 35.5. The molecule has 6 heteroatoms. The third-order valence-corrected chi connectivity index (χ3v) is 7.27. The van der Waals surface area contributed by atoms with E-state index in [1.54, 1.807) is 0 Å². The Balaban J connectivity index is 1.50. The topological polar surface area (TPSA) is 55.1 Å². The number of fused-ring (bicyclic) bond motifs is 2. The number of aromatic nitrogens is 1. The SMILES string of the molecule is CC1CC2CC(C1)CC(C)(NC(=O)c1onc(Cl)c1Sc1ccccc1)C2. The summed E-state index contributed by atoms with van der Waals surface area (Å²) in [5.74, 6) is 2.20. The maximum absolute atomic E-state index is 13.0. The highest BCUT2D eigenvalue weighted by Crippen LogP contribution is 2.46. The van der Waals surface area contributed by atoms with E-state index in [1.165, 1.54) is 31.0 Å². The molecule has 4 nitrogen and oxygen atoms in total. The van der Waals surface area contributed by atoms with Gasteiger partial charge in [-0.15, -0.1) is 0 Å². The van der Waals surface area contributed by atoms with Crippen molar-refractivity contribution in [1.29, 1.82) is 0 Å². The number of carbonyl (C=O) groups excluding carboxylic acids is 1. The number of rotatable bonds is 4. The molecule has 2 saturated carbocycles. The molecule has 2 unspecified atom stereocenters. The van der Waals surface area contributed by atoms with Crippen LogP contribution in [0, 0.1) is 17.8 Å². The van der Waals surface area contributed by atoms with Crippen LogP contribution in [-0.4, -0.2) is 16.6 Å². The van der Waals surface area contributed by atoms with Gasteiger partial charge in [-0.2, -0.15) is 0 Å². The smallest absolute Gasteiger partial charge is 0.291 e. The van der Waals surface area contributed by atoms with Crippen LogP contribution in [0.25, 0.3) is 0 Å². The Kier molecular flexibility index (Phi) is 5.26. The largest absolute Gasteiger partial charge is 0.348 e. The molecule has 0 radical (unpaired) electrons. The van der Waals surface area contributed by atoms with Crippen LogP contribution in [0.15, 0.2) is 44.6 Å². The van der Waals surface area contributed by atoms with Crippen molar-refractivity contribution in [3.63, 3.8) is 0 Å². The molecule has 27 heavy (non-hydrogen) atoms. The molecule has 1 amide bonds. The highest BCUT2D eigenvalue weighted by molar-refractivity contribution is 7.99. The molecule has 4 rings (SSSR count). The molecule has 2 aliphatic carbocycles. The van der Waals surface area contributed by atoms with Crippen molar-refractivity contribution >= 4 is 29.3 Å². The molecule has 2 fully saturated rings. The van der Waals surface area contributed by atoms with E-state index in [4.69, 9.17) is 16.1 Å². The van der Waals surface area contributed by atoms with Gasteiger partial charge in [0.25, 0.3) is 5.91 Å². The predicted octanol–water partition coefficient (Wildman–Crippen LogP) is 5.81. The number of nitrogens with one attached hydrogen (secondary N) is 1. The van der Waals surface area contributed by atoms with Crippen molar-refractivity contribution in [2.45, 2.75) is 61.3 Å². The lowest BCUT2D eigenvalue weighted by atomic mass is 9.62. The number of carbonyl (C=O) groups is 1. The molecular weight excluding hydrogens is 380 g/mol. The van der Waals surface area contributed by atoms with Crippen molar-refractivity contribution in [2.75, 3.05) is 0 Å². The van der Waals surface area contributed by atoms with E-state index < -0.39 is 0 Å². The van der Waals surface area contributed by atoms with E-state index in [9.17, 15) is 4.79 Å². The second-order valence-corrected chi connectivity index (χ2v) is 9.96. The molecule has 1 heterocycles. The maximum Gasteiger partial charge on any atom is 0.291 e. The molecular formula is C21H25ClN2O2S. The maximum atomic E-state index is 13.0. The van der Waals surface area contributed by atoms with E-state index in [1.807, 2.05) is 30.3 Å². The molecule has 0 saturated heterocycles. The number of amides is 1. The van der Waals surface area contributed by atoms with Crippen LogP contribution < -0.4 is 5.32 Å². The Labute approximate surface area is 169 Å². The molecule has 2 bridgehead atoms. The second kappa shape index (κ2) is 7.51. The monoisotopic (exact) mass is 404 g/mol. The first kappa shape index (κ1) is 18.9. The Hall–Kier alpha value is -1.46. The van der Waals surface area contributed by atoms with Gasteiger partial charge >= 0.3 is 0 Å². The Bertz CT molecular complexity index is 805. The van der Waals surface area contributed by atoms with Gasteiger partial charge in [-0.05, 0) is 68.9 Å². The first-order valence-electron chi connectivity index (χ1n) is 9.62. The summed E-state index contributed by atoms with van der Waals surface area (Å²) < 4.78 is 5.31. The Morgan fingerprint density at radius 1 is 1.22 bits per heavy atom. The average molecular weight is 405 g/mol. The summed E-state index contributed by atoms with van der Waals surface area (Å²) >= 11 is 7.61. The minimum Gasteiger partial charge on any atom is -0.348 e. The summed E-state index contributed by atoms with van der Waals surface area (Å²) in [6.07, 6.45) is 5.90. The van der Waals surface area contributed by atoms with Crippen LogP contribution in [0.5, 0.6) is 0 Å². The number of nitrogens with zero attached hydrogens (tertiary/aromatic N) is 1. The van der Waals surface area contributed by atoms with Crippen LogP contribution in [0.4, 0.5) is 0 Å². The molecule has 144 valence electrons. The van der Waals surface area contributed by atoms with E-state index >= 15 is 0 Å². The summed E-state index contributed by atoms with van der Waals surface area (Å²) in [6, 6.07) is 9.80. The standard InChI is InChI=1S/C21H25ClN2O2S/c1-13-8-14-10-15(9-13)12-21(2,11-14)23-20(25)17-18(19(22)24-26-17)27-16-6-4-3-5-7-16/h3-7,13-15H,8-12H2,1-2H3,(H,23,25). The first-order chi connectivity index (χ1) is 12.9. The van der Waals surface area contributed by atoms with Gasteiger partial charge in [0.05, 0.1) is 0 Å². The van der Waals surface area contributed by atoms with E-state index in [-0.39, 0.29) is 22.4 Å². The van der Waals surface area contributed by atoms with Gasteiger partial charge in [-0.3, -0.25) is 4.79 Å². The van der Waals surface area contributed by atoms with Gasteiger partial charge in [-0.25, -0.2) is 0 Å². The van der Waals surface area contributed by atoms with E-state index in [2.05, 4.69) is 24.3 Å². The molecule has 0 spiro atoms. The minimum absolute atomic E-state index is 0.196. The zero-order valence-electron chi connectivity index (χ0n) is 15.7. The van der Waals surface area contributed by atoms with Gasteiger partial charge in [0, 0.05) is 10.4 Å². The molecule has 2 aliphatic rings. The van der Waals surface area contributed by atoms with Crippen LogP contribution in [0.1, 0.15) is 56.5 Å². The molecule has 1 N–H and O–H groups in total. The van der Waals surface area contributed by atoms with Crippen molar-refractivity contribution < 1.29 is 9.32 Å². The average Bonchev–Trinajstić information content (AvgIpc) is 2.95. The van der Waals surface area contributed by atoms with Gasteiger partial charge in [0.15, 0.2) is 5.15 Å². The molecule has 2 atom stereocenters. The number of hydrogen-bond acceptors (Lipinski definition) is 4. The van der Waals surface area contributed by atoms with Crippen LogP contribution in [0.2, 0.25) is 5.15 Å². The highest BCUT2D eigenvalue weighted by Gasteiger charge is 2.42. The molecule has 2 aromatic rings. The fourth-order valence-electron chi connectivity index (χ4n) is 5.12. The summed E-state index contributed by atoms with van der Waals surface area (Å²) in [4.78, 5) is 14.6. The van der Waals surface area contributed by atoms with Crippen LogP contribution in [0.3, 0.4) is 0 Å². The lowest BCUT2D eigenvalue weighted by Crippen LogP contribution is -2.52. The van der Waals surface area contributed by atoms with Crippen LogP contribution in [-0.2, 0) is 0 Å². The number of halogens is 1.